The topological polar surface area (TPSA) is 12.4 Å². The van der Waals surface area contributed by atoms with Crippen molar-refractivity contribution in [2.45, 2.75) is 46.1 Å². The van der Waals surface area contributed by atoms with Crippen molar-refractivity contribution in [1.29, 1.82) is 0 Å². The molecule has 0 spiro atoms. The molecule has 94 valence electrons. The molecule has 0 fully saturated rings. The molecule has 0 aromatic heterocycles. The van der Waals surface area contributed by atoms with Gasteiger partial charge in [-0.15, -0.1) is 0 Å². The Hall–Kier alpha value is -0.893. The smallest absolute Gasteiger partial charge is 0.0788 e. The number of nitrogens with zero attached hydrogens (tertiary/aromatic N) is 1. The normalized spacial score (nSPS) is 15.2. The first-order valence-electron chi connectivity index (χ1n) is 6.29. The van der Waals surface area contributed by atoms with Gasteiger partial charge in [-0.25, -0.2) is 0 Å². The van der Waals surface area contributed by atoms with Crippen LogP contribution in [-0.4, -0.2) is 14.3 Å². The van der Waals surface area contributed by atoms with Gasteiger partial charge in [-0.1, -0.05) is 70.7 Å². The van der Waals surface area contributed by atoms with Crippen LogP contribution in [0.15, 0.2) is 35.3 Å². The van der Waals surface area contributed by atoms with Crippen molar-refractivity contribution in [2.24, 2.45) is 10.4 Å². The van der Waals surface area contributed by atoms with E-state index in [0.29, 0.717) is 5.67 Å². The summed E-state index contributed by atoms with van der Waals surface area (Å²) in [7, 11) is -1.33. The number of hydrogen-bond donors (Lipinski definition) is 0. The maximum absolute atomic E-state index is 4.87. The highest BCUT2D eigenvalue weighted by atomic mass is 28.3. The van der Waals surface area contributed by atoms with E-state index in [1.807, 2.05) is 0 Å². The number of benzene rings is 1. The van der Waals surface area contributed by atoms with Gasteiger partial charge in [0.25, 0.3) is 0 Å². The van der Waals surface area contributed by atoms with Gasteiger partial charge >= 0.3 is 0 Å². The van der Waals surface area contributed by atoms with Gasteiger partial charge in [0, 0.05) is 6.21 Å². The van der Waals surface area contributed by atoms with Crippen LogP contribution in [0, 0.1) is 5.41 Å². The van der Waals surface area contributed by atoms with E-state index in [-0.39, 0.29) is 5.41 Å². The highest BCUT2D eigenvalue weighted by Gasteiger charge is 2.27. The summed E-state index contributed by atoms with van der Waals surface area (Å²) in [5, 5.41) is 0. The minimum Gasteiger partial charge on any atom is -0.292 e. The Morgan fingerprint density at radius 3 is 2.00 bits per heavy atom. The molecule has 1 rings (SSSR count). The Kier molecular flexibility index (Phi) is 4.31. The van der Waals surface area contributed by atoms with Crippen molar-refractivity contribution >= 4 is 14.3 Å². The molecular formula is C15H25NSi. The number of aliphatic imine (C=N–C) groups is 1. The summed E-state index contributed by atoms with van der Waals surface area (Å²) in [5.41, 5.74) is 1.88. The molecular weight excluding hydrogens is 222 g/mol. The van der Waals surface area contributed by atoms with Crippen molar-refractivity contribution in [3.05, 3.63) is 35.9 Å². The Labute approximate surface area is 107 Å². The lowest BCUT2D eigenvalue weighted by molar-refractivity contribution is 0.602. The summed E-state index contributed by atoms with van der Waals surface area (Å²) < 4.78 is 0. The van der Waals surface area contributed by atoms with E-state index < -0.39 is 8.07 Å². The van der Waals surface area contributed by atoms with Crippen LogP contribution in [-0.2, 0) is 0 Å². The second-order valence-electron chi connectivity index (χ2n) is 6.82. The van der Waals surface area contributed by atoms with Crippen LogP contribution < -0.4 is 0 Å². The summed E-state index contributed by atoms with van der Waals surface area (Å²) in [6.45, 7) is 13.7. The van der Waals surface area contributed by atoms with Crippen LogP contribution in [0.2, 0.25) is 19.6 Å². The molecule has 0 aliphatic heterocycles. The van der Waals surface area contributed by atoms with Crippen LogP contribution in [0.25, 0.3) is 0 Å². The highest BCUT2D eigenvalue weighted by molar-refractivity contribution is 6.77. The van der Waals surface area contributed by atoms with Gasteiger partial charge in [-0.2, -0.15) is 0 Å². The Bertz CT molecular complexity index is 368. The second kappa shape index (κ2) is 5.17. The molecule has 0 aliphatic rings. The van der Waals surface area contributed by atoms with E-state index in [0.717, 1.165) is 0 Å². The first-order valence-corrected chi connectivity index (χ1v) is 9.87. The summed E-state index contributed by atoms with van der Waals surface area (Å²) >= 11 is 0. The summed E-state index contributed by atoms with van der Waals surface area (Å²) in [5.74, 6) is 0. The standard InChI is InChI=1S/C15H25NSi/c1-15(2,3)12-16-14(17(4,5)6)13-10-8-7-9-11-13/h7-12,14H,1-6H3/b16-12+/t14-/m0/s1. The van der Waals surface area contributed by atoms with Crippen molar-refractivity contribution in [3.8, 4) is 0 Å². The minimum absolute atomic E-state index is 0.159. The predicted octanol–water partition coefficient (Wildman–Crippen LogP) is 4.72. The van der Waals surface area contributed by atoms with Gasteiger partial charge in [-0.05, 0) is 11.0 Å². The zero-order valence-corrected chi connectivity index (χ0v) is 13.0. The van der Waals surface area contributed by atoms with Gasteiger partial charge in [-0.3, -0.25) is 4.99 Å². The molecule has 0 unspecified atom stereocenters. The molecule has 17 heavy (non-hydrogen) atoms. The second-order valence-corrected chi connectivity index (χ2v) is 12.1. The van der Waals surface area contributed by atoms with Crippen LogP contribution >= 0.6 is 0 Å². The Morgan fingerprint density at radius 1 is 1.06 bits per heavy atom. The number of hydrogen-bond acceptors (Lipinski definition) is 1. The first-order chi connectivity index (χ1) is 7.70. The SMILES string of the molecule is CC(C)(C)/C=N/[C@H](c1ccccc1)[Si](C)(C)C. The minimum atomic E-state index is -1.33. The maximum Gasteiger partial charge on any atom is 0.0788 e. The molecule has 1 aromatic carbocycles. The molecule has 2 heteroatoms. The van der Waals surface area contributed by atoms with Gasteiger partial charge in [0.05, 0.1) is 13.7 Å². The molecule has 1 aromatic rings. The van der Waals surface area contributed by atoms with E-state index in [2.05, 4.69) is 77.0 Å². The van der Waals surface area contributed by atoms with E-state index in [1.165, 1.54) is 5.56 Å². The zero-order chi connectivity index (χ0) is 13.1. The highest BCUT2D eigenvalue weighted by Crippen LogP contribution is 2.28. The molecule has 0 saturated carbocycles. The van der Waals surface area contributed by atoms with Crippen molar-refractivity contribution in [2.75, 3.05) is 0 Å². The monoisotopic (exact) mass is 247 g/mol. The summed E-state index contributed by atoms with van der Waals surface area (Å²) in [6, 6.07) is 10.7. The fraction of sp³-hybridized carbons (Fsp3) is 0.533. The fourth-order valence-electron chi connectivity index (χ4n) is 1.74. The van der Waals surface area contributed by atoms with Crippen LogP contribution in [0.3, 0.4) is 0 Å². The quantitative estimate of drug-likeness (QED) is 0.541. The summed E-state index contributed by atoms with van der Waals surface area (Å²) in [6.07, 6.45) is 2.11. The van der Waals surface area contributed by atoms with Crippen molar-refractivity contribution in [1.82, 2.24) is 0 Å². The van der Waals surface area contributed by atoms with Crippen LogP contribution in [0.4, 0.5) is 0 Å². The van der Waals surface area contributed by atoms with Crippen LogP contribution in [0.1, 0.15) is 32.0 Å². The van der Waals surface area contributed by atoms with Crippen molar-refractivity contribution in [3.63, 3.8) is 0 Å². The molecule has 1 nitrogen and oxygen atoms in total. The maximum atomic E-state index is 4.87. The lowest BCUT2D eigenvalue weighted by atomic mass is 9.99. The number of rotatable bonds is 3. The van der Waals surface area contributed by atoms with Crippen LogP contribution in [0.5, 0.6) is 0 Å². The van der Waals surface area contributed by atoms with E-state index >= 15 is 0 Å². The molecule has 0 amide bonds. The lowest BCUT2D eigenvalue weighted by Crippen LogP contribution is -2.30. The average Bonchev–Trinajstić information content (AvgIpc) is 2.15. The Balaban J connectivity index is 3.03. The molecule has 0 N–H and O–H groups in total. The average molecular weight is 247 g/mol. The zero-order valence-electron chi connectivity index (χ0n) is 12.0. The fourth-order valence-corrected chi connectivity index (χ4v) is 3.46. The summed E-state index contributed by atoms with van der Waals surface area (Å²) in [4.78, 5) is 4.87. The molecule has 0 radical (unpaired) electrons. The molecule has 0 saturated heterocycles. The Morgan fingerprint density at radius 2 is 1.59 bits per heavy atom. The lowest BCUT2D eigenvalue weighted by Gasteiger charge is -2.27. The van der Waals surface area contributed by atoms with Gasteiger partial charge in [0.2, 0.25) is 0 Å². The van der Waals surface area contributed by atoms with Gasteiger partial charge < -0.3 is 0 Å². The molecule has 0 aliphatic carbocycles. The first kappa shape index (κ1) is 14.2. The van der Waals surface area contributed by atoms with E-state index in [9.17, 15) is 0 Å². The third kappa shape index (κ3) is 4.86. The van der Waals surface area contributed by atoms with Gasteiger partial charge in [0.1, 0.15) is 0 Å². The molecule has 0 heterocycles. The largest absolute Gasteiger partial charge is 0.292 e. The third-order valence-electron chi connectivity index (χ3n) is 2.55. The van der Waals surface area contributed by atoms with Gasteiger partial charge in [0.15, 0.2) is 0 Å². The molecule has 0 bridgehead atoms. The predicted molar refractivity (Wildman–Crippen MR) is 80.5 cm³/mol. The molecule has 1 atom stereocenters. The van der Waals surface area contributed by atoms with E-state index in [1.54, 1.807) is 0 Å². The van der Waals surface area contributed by atoms with Crippen molar-refractivity contribution < 1.29 is 0 Å². The third-order valence-corrected chi connectivity index (χ3v) is 4.67. The van der Waals surface area contributed by atoms with E-state index in [4.69, 9.17) is 4.99 Å².